The zero-order valence-electron chi connectivity index (χ0n) is 9.25. The molecule has 1 aliphatic heterocycles. The Balaban J connectivity index is 1.80. The second kappa shape index (κ2) is 5.50. The number of nitrogen functional groups attached to an aromatic ring is 1. The summed E-state index contributed by atoms with van der Waals surface area (Å²) >= 11 is 3.34. The Morgan fingerprint density at radius 3 is 2.88 bits per heavy atom. The van der Waals surface area contributed by atoms with E-state index in [-0.39, 0.29) is 0 Å². The molecule has 2 rings (SSSR count). The minimum Gasteiger partial charge on any atom is -0.396 e. The zero-order valence-corrected chi connectivity index (χ0v) is 10.8. The number of pyridine rings is 1. The van der Waals surface area contributed by atoms with Crippen LogP contribution in [0, 0.1) is 0 Å². The van der Waals surface area contributed by atoms with E-state index >= 15 is 0 Å². The molecule has 0 unspecified atom stereocenters. The van der Waals surface area contributed by atoms with Gasteiger partial charge in [-0.2, -0.15) is 0 Å². The topological polar surface area (TPSA) is 54.2 Å². The molecule has 0 atom stereocenters. The summed E-state index contributed by atoms with van der Waals surface area (Å²) < 4.78 is 0.912. The van der Waals surface area contributed by atoms with Crippen LogP contribution in [-0.4, -0.2) is 36.1 Å². The van der Waals surface area contributed by atoms with Crippen LogP contribution in [0.15, 0.2) is 16.7 Å². The summed E-state index contributed by atoms with van der Waals surface area (Å²) in [5.41, 5.74) is 6.54. The summed E-state index contributed by atoms with van der Waals surface area (Å²) in [7, 11) is 0. The van der Waals surface area contributed by atoms with Gasteiger partial charge >= 0.3 is 0 Å². The van der Waals surface area contributed by atoms with Gasteiger partial charge in [-0.1, -0.05) is 0 Å². The standard InChI is InChI=1S/C11H17BrN4/c12-9-7-10(13)11(15-8-9)14-3-6-16-4-1-2-5-16/h7-8H,1-6,13H2,(H,14,15). The molecule has 0 amide bonds. The molecule has 3 N–H and O–H groups in total. The van der Waals surface area contributed by atoms with Gasteiger partial charge in [0.25, 0.3) is 0 Å². The summed E-state index contributed by atoms with van der Waals surface area (Å²) in [6.07, 6.45) is 4.42. The molecular formula is C11H17BrN4. The fourth-order valence-electron chi connectivity index (χ4n) is 1.94. The summed E-state index contributed by atoms with van der Waals surface area (Å²) in [5, 5.41) is 3.27. The molecule has 0 aliphatic carbocycles. The maximum absolute atomic E-state index is 5.85. The van der Waals surface area contributed by atoms with Crippen molar-refractivity contribution in [2.75, 3.05) is 37.2 Å². The van der Waals surface area contributed by atoms with Crippen LogP contribution in [0.2, 0.25) is 0 Å². The number of anilines is 2. The van der Waals surface area contributed by atoms with E-state index in [1.165, 1.54) is 25.9 Å². The lowest BCUT2D eigenvalue weighted by Gasteiger charge is -2.15. The number of nitrogens with one attached hydrogen (secondary N) is 1. The molecule has 1 saturated heterocycles. The summed E-state index contributed by atoms with van der Waals surface area (Å²) in [5.74, 6) is 0.780. The summed E-state index contributed by atoms with van der Waals surface area (Å²) in [6, 6.07) is 1.87. The maximum Gasteiger partial charge on any atom is 0.149 e. The fraction of sp³-hybridized carbons (Fsp3) is 0.545. The molecule has 2 heterocycles. The van der Waals surface area contributed by atoms with Crippen LogP contribution in [-0.2, 0) is 0 Å². The Bertz CT molecular complexity index is 350. The van der Waals surface area contributed by atoms with Crippen LogP contribution < -0.4 is 11.1 Å². The first-order chi connectivity index (χ1) is 7.75. The maximum atomic E-state index is 5.85. The number of nitrogens with two attached hydrogens (primary N) is 1. The number of hydrogen-bond donors (Lipinski definition) is 2. The van der Waals surface area contributed by atoms with Crippen molar-refractivity contribution in [1.29, 1.82) is 0 Å². The molecule has 88 valence electrons. The van der Waals surface area contributed by atoms with Gasteiger partial charge in [0.1, 0.15) is 5.82 Å². The second-order valence-electron chi connectivity index (χ2n) is 4.07. The van der Waals surface area contributed by atoms with Gasteiger partial charge in [-0.15, -0.1) is 0 Å². The molecular weight excluding hydrogens is 268 g/mol. The van der Waals surface area contributed by atoms with E-state index in [0.29, 0.717) is 5.69 Å². The van der Waals surface area contributed by atoms with E-state index < -0.39 is 0 Å². The van der Waals surface area contributed by atoms with Crippen molar-refractivity contribution in [2.45, 2.75) is 12.8 Å². The van der Waals surface area contributed by atoms with Gasteiger partial charge in [0.15, 0.2) is 0 Å². The third-order valence-corrected chi connectivity index (χ3v) is 3.24. The highest BCUT2D eigenvalue weighted by Crippen LogP contribution is 2.19. The molecule has 0 spiro atoms. The van der Waals surface area contributed by atoms with Crippen LogP contribution in [0.1, 0.15) is 12.8 Å². The van der Waals surface area contributed by atoms with Crippen molar-refractivity contribution in [3.05, 3.63) is 16.7 Å². The van der Waals surface area contributed by atoms with E-state index in [0.717, 1.165) is 23.4 Å². The van der Waals surface area contributed by atoms with Gasteiger partial charge in [-0.25, -0.2) is 4.98 Å². The predicted molar refractivity (Wildman–Crippen MR) is 70.5 cm³/mol. The second-order valence-corrected chi connectivity index (χ2v) is 4.98. The number of rotatable bonds is 4. The van der Waals surface area contributed by atoms with Crippen molar-refractivity contribution in [1.82, 2.24) is 9.88 Å². The normalized spacial score (nSPS) is 16.6. The number of hydrogen-bond acceptors (Lipinski definition) is 4. The minimum absolute atomic E-state index is 0.691. The Morgan fingerprint density at radius 1 is 1.44 bits per heavy atom. The van der Waals surface area contributed by atoms with Crippen LogP contribution in [0.3, 0.4) is 0 Å². The third kappa shape index (κ3) is 3.09. The molecule has 0 saturated carbocycles. The average molecular weight is 285 g/mol. The first-order valence-electron chi connectivity index (χ1n) is 5.63. The van der Waals surface area contributed by atoms with Crippen molar-refractivity contribution in [2.24, 2.45) is 0 Å². The van der Waals surface area contributed by atoms with E-state index in [4.69, 9.17) is 5.73 Å². The molecule has 16 heavy (non-hydrogen) atoms. The molecule has 5 heteroatoms. The van der Waals surface area contributed by atoms with Gasteiger partial charge < -0.3 is 16.0 Å². The lowest BCUT2D eigenvalue weighted by atomic mass is 10.4. The van der Waals surface area contributed by atoms with Crippen molar-refractivity contribution in [3.63, 3.8) is 0 Å². The quantitative estimate of drug-likeness (QED) is 0.887. The zero-order chi connectivity index (χ0) is 11.4. The Morgan fingerprint density at radius 2 is 2.19 bits per heavy atom. The molecule has 0 aromatic carbocycles. The largest absolute Gasteiger partial charge is 0.396 e. The van der Waals surface area contributed by atoms with Crippen molar-refractivity contribution in [3.8, 4) is 0 Å². The van der Waals surface area contributed by atoms with Gasteiger partial charge in [0.05, 0.1) is 5.69 Å². The number of nitrogens with zero attached hydrogens (tertiary/aromatic N) is 2. The smallest absolute Gasteiger partial charge is 0.149 e. The highest BCUT2D eigenvalue weighted by Gasteiger charge is 2.10. The third-order valence-electron chi connectivity index (χ3n) is 2.80. The van der Waals surface area contributed by atoms with Gasteiger partial charge in [0.2, 0.25) is 0 Å². The Labute approximate surface area is 104 Å². The summed E-state index contributed by atoms with van der Waals surface area (Å²) in [4.78, 5) is 6.70. The Hall–Kier alpha value is -0.810. The predicted octanol–water partition coefficient (Wildman–Crippen LogP) is 1.93. The van der Waals surface area contributed by atoms with E-state index in [1.54, 1.807) is 6.20 Å². The van der Waals surface area contributed by atoms with Gasteiger partial charge in [-0.3, -0.25) is 0 Å². The average Bonchev–Trinajstić information content (AvgIpc) is 2.74. The summed E-state index contributed by atoms with van der Waals surface area (Å²) in [6.45, 7) is 4.42. The lowest BCUT2D eigenvalue weighted by molar-refractivity contribution is 0.352. The highest BCUT2D eigenvalue weighted by molar-refractivity contribution is 9.10. The molecule has 1 aromatic rings. The molecule has 1 aliphatic rings. The molecule has 1 fully saturated rings. The lowest BCUT2D eigenvalue weighted by Crippen LogP contribution is -2.26. The monoisotopic (exact) mass is 284 g/mol. The fourth-order valence-corrected chi connectivity index (χ4v) is 2.29. The van der Waals surface area contributed by atoms with Crippen LogP contribution >= 0.6 is 15.9 Å². The minimum atomic E-state index is 0.691. The first kappa shape index (κ1) is 11.7. The van der Waals surface area contributed by atoms with Gasteiger partial charge in [-0.05, 0) is 47.9 Å². The van der Waals surface area contributed by atoms with Crippen molar-refractivity contribution >= 4 is 27.4 Å². The Kier molecular flexibility index (Phi) is 4.01. The SMILES string of the molecule is Nc1cc(Br)cnc1NCCN1CCCC1. The molecule has 4 nitrogen and oxygen atoms in total. The molecule has 0 radical (unpaired) electrons. The van der Waals surface area contributed by atoms with E-state index in [1.807, 2.05) is 6.07 Å². The molecule has 0 bridgehead atoms. The van der Waals surface area contributed by atoms with Crippen molar-refractivity contribution < 1.29 is 0 Å². The number of likely N-dealkylation sites (tertiary alicyclic amines) is 1. The van der Waals surface area contributed by atoms with Crippen LogP contribution in [0.4, 0.5) is 11.5 Å². The molecule has 1 aromatic heterocycles. The van der Waals surface area contributed by atoms with E-state index in [2.05, 4.69) is 31.1 Å². The van der Waals surface area contributed by atoms with Gasteiger partial charge in [0, 0.05) is 23.8 Å². The van der Waals surface area contributed by atoms with E-state index in [9.17, 15) is 0 Å². The number of halogens is 1. The van der Waals surface area contributed by atoms with Crippen LogP contribution in [0.5, 0.6) is 0 Å². The number of aromatic nitrogens is 1. The van der Waals surface area contributed by atoms with Crippen LogP contribution in [0.25, 0.3) is 0 Å². The first-order valence-corrected chi connectivity index (χ1v) is 6.42. The highest BCUT2D eigenvalue weighted by atomic mass is 79.9.